The Bertz CT molecular complexity index is 824. The summed E-state index contributed by atoms with van der Waals surface area (Å²) in [5.74, 6) is 2.27. The molecule has 0 saturated heterocycles. The maximum absolute atomic E-state index is 5.75. The zero-order valence-electron chi connectivity index (χ0n) is 16.9. The van der Waals surface area contributed by atoms with Gasteiger partial charge in [0.15, 0.2) is 17.5 Å². The van der Waals surface area contributed by atoms with E-state index in [4.69, 9.17) is 9.47 Å². The van der Waals surface area contributed by atoms with Crippen LogP contribution in [-0.4, -0.2) is 40.3 Å². The molecule has 0 saturated carbocycles. The molecule has 1 aliphatic rings. The van der Waals surface area contributed by atoms with Crippen molar-refractivity contribution in [2.75, 3.05) is 44.6 Å². The monoisotopic (exact) mass is 496 g/mol. The van der Waals surface area contributed by atoms with Gasteiger partial charge in [-0.2, -0.15) is 0 Å². The van der Waals surface area contributed by atoms with Crippen LogP contribution in [0.4, 0.5) is 11.4 Å². The van der Waals surface area contributed by atoms with Crippen molar-refractivity contribution in [1.29, 1.82) is 0 Å². The van der Waals surface area contributed by atoms with Crippen LogP contribution in [0.2, 0.25) is 0 Å². The zero-order valence-corrected chi connectivity index (χ0v) is 19.2. The Morgan fingerprint density at radius 1 is 1.07 bits per heavy atom. The highest BCUT2D eigenvalue weighted by atomic mass is 127. The lowest BCUT2D eigenvalue weighted by atomic mass is 10.1. The van der Waals surface area contributed by atoms with Crippen LogP contribution >= 0.6 is 24.0 Å². The number of aryl methyl sites for hydroxylation is 1. The van der Waals surface area contributed by atoms with E-state index < -0.39 is 0 Å². The third-order valence-corrected chi connectivity index (χ3v) is 4.52. The zero-order chi connectivity index (χ0) is 19.2. The summed E-state index contributed by atoms with van der Waals surface area (Å²) in [6, 6.07) is 12.3. The van der Waals surface area contributed by atoms with Gasteiger partial charge in [0.05, 0.1) is 13.2 Å². The van der Waals surface area contributed by atoms with Crippen LogP contribution in [0.3, 0.4) is 0 Å². The number of halogens is 1. The van der Waals surface area contributed by atoms with E-state index >= 15 is 0 Å². The summed E-state index contributed by atoms with van der Waals surface area (Å²) in [5.41, 5.74) is 4.60. The number of nitrogens with one attached hydrogen (secondary N) is 2. The smallest absolute Gasteiger partial charge is 0.195 e. The number of hydrogen-bond donors (Lipinski definition) is 2. The van der Waals surface area contributed by atoms with E-state index in [9.17, 15) is 0 Å². The molecule has 0 bridgehead atoms. The average Bonchev–Trinajstić information content (AvgIpc) is 2.90. The van der Waals surface area contributed by atoms with Crippen LogP contribution in [0, 0.1) is 6.92 Å². The highest BCUT2D eigenvalue weighted by Gasteiger charge is 2.11. The fraction of sp³-hybridized carbons (Fsp3) is 0.381. The Hall–Kier alpha value is -2.16. The van der Waals surface area contributed by atoms with Crippen LogP contribution in [0.25, 0.3) is 0 Å². The van der Waals surface area contributed by atoms with Crippen LogP contribution in [0.5, 0.6) is 11.5 Å². The minimum Gasteiger partial charge on any atom is -0.490 e. The Labute approximate surface area is 184 Å². The Morgan fingerprint density at radius 2 is 1.82 bits per heavy atom. The molecule has 6 nitrogen and oxygen atoms in total. The molecule has 0 atom stereocenters. The molecule has 28 heavy (non-hydrogen) atoms. The fourth-order valence-corrected chi connectivity index (χ4v) is 2.89. The minimum atomic E-state index is 0. The molecule has 1 aliphatic heterocycles. The van der Waals surface area contributed by atoms with Crippen molar-refractivity contribution in [1.82, 2.24) is 5.32 Å². The first kappa shape index (κ1) is 22.1. The van der Waals surface area contributed by atoms with Crippen LogP contribution < -0.4 is 25.0 Å². The Balaban J connectivity index is 0.00000280. The van der Waals surface area contributed by atoms with Crippen molar-refractivity contribution in [3.8, 4) is 11.5 Å². The van der Waals surface area contributed by atoms with E-state index in [2.05, 4.69) is 45.6 Å². The molecule has 2 aromatic carbocycles. The lowest BCUT2D eigenvalue weighted by Crippen LogP contribution is -2.30. The summed E-state index contributed by atoms with van der Waals surface area (Å²) in [5, 5.41) is 6.68. The molecule has 2 N–H and O–H groups in total. The van der Waals surface area contributed by atoms with E-state index in [1.54, 1.807) is 7.05 Å². The van der Waals surface area contributed by atoms with Gasteiger partial charge in [-0.15, -0.1) is 24.0 Å². The molecule has 0 amide bonds. The van der Waals surface area contributed by atoms with E-state index in [0.29, 0.717) is 25.7 Å². The van der Waals surface area contributed by atoms with E-state index in [1.807, 2.05) is 32.3 Å². The van der Waals surface area contributed by atoms with Gasteiger partial charge in [-0.3, -0.25) is 4.99 Å². The standard InChI is InChI=1S/C21H28N4O2.HI/c1-15-12-18(25(3)4)8-6-16(15)14-23-21(22-2)24-17-7-9-19-20(13-17)27-11-5-10-26-19;/h6-9,12-13H,5,10-11,14H2,1-4H3,(H2,22,23,24);1H. The quantitative estimate of drug-likeness (QED) is 0.381. The number of benzene rings is 2. The van der Waals surface area contributed by atoms with Gasteiger partial charge in [0.2, 0.25) is 0 Å². The highest BCUT2D eigenvalue weighted by molar-refractivity contribution is 14.0. The molecule has 152 valence electrons. The van der Waals surface area contributed by atoms with Crippen molar-refractivity contribution in [2.45, 2.75) is 19.9 Å². The number of nitrogens with zero attached hydrogens (tertiary/aromatic N) is 2. The molecule has 3 rings (SSSR count). The van der Waals surface area contributed by atoms with Crippen molar-refractivity contribution in [3.05, 3.63) is 47.5 Å². The van der Waals surface area contributed by atoms with Gasteiger partial charge < -0.3 is 25.0 Å². The van der Waals surface area contributed by atoms with Gasteiger partial charge in [0, 0.05) is 51.5 Å². The highest BCUT2D eigenvalue weighted by Crippen LogP contribution is 2.32. The van der Waals surface area contributed by atoms with Crippen LogP contribution in [-0.2, 0) is 6.54 Å². The second kappa shape index (κ2) is 10.4. The predicted octanol–water partition coefficient (Wildman–Crippen LogP) is 4.03. The first-order valence-corrected chi connectivity index (χ1v) is 9.21. The lowest BCUT2D eigenvalue weighted by molar-refractivity contribution is 0.297. The lowest BCUT2D eigenvalue weighted by Gasteiger charge is -2.17. The molecule has 0 aromatic heterocycles. The average molecular weight is 496 g/mol. The normalized spacial score (nSPS) is 13.2. The summed E-state index contributed by atoms with van der Waals surface area (Å²) in [7, 11) is 5.86. The van der Waals surface area contributed by atoms with Gasteiger partial charge in [-0.05, 0) is 42.3 Å². The molecule has 2 aromatic rings. The molecule has 0 unspecified atom stereocenters. The molecule has 1 heterocycles. The Morgan fingerprint density at radius 3 is 2.50 bits per heavy atom. The van der Waals surface area contributed by atoms with Gasteiger partial charge in [0.1, 0.15) is 0 Å². The van der Waals surface area contributed by atoms with Crippen LogP contribution in [0.1, 0.15) is 17.5 Å². The van der Waals surface area contributed by atoms with Crippen LogP contribution in [0.15, 0.2) is 41.4 Å². The van der Waals surface area contributed by atoms with Gasteiger partial charge >= 0.3 is 0 Å². The summed E-state index contributed by atoms with van der Waals surface area (Å²) in [6.07, 6.45) is 0.895. The second-order valence-corrected chi connectivity index (χ2v) is 6.77. The maximum atomic E-state index is 5.75. The largest absolute Gasteiger partial charge is 0.490 e. The van der Waals surface area contributed by atoms with Crippen molar-refractivity contribution >= 4 is 41.3 Å². The predicted molar refractivity (Wildman–Crippen MR) is 127 cm³/mol. The third kappa shape index (κ3) is 5.67. The van der Waals surface area contributed by atoms with E-state index in [-0.39, 0.29) is 24.0 Å². The van der Waals surface area contributed by atoms with Gasteiger partial charge in [-0.25, -0.2) is 0 Å². The summed E-state index contributed by atoms with van der Waals surface area (Å²) >= 11 is 0. The molecular weight excluding hydrogens is 467 g/mol. The summed E-state index contributed by atoms with van der Waals surface area (Å²) < 4.78 is 11.4. The van der Waals surface area contributed by atoms with Crippen molar-refractivity contribution < 1.29 is 9.47 Å². The minimum absolute atomic E-state index is 0. The first-order valence-electron chi connectivity index (χ1n) is 9.21. The number of hydrogen-bond acceptors (Lipinski definition) is 4. The molecule has 0 radical (unpaired) electrons. The SMILES string of the molecule is CN=C(NCc1ccc(N(C)C)cc1C)Nc1ccc2c(c1)OCCCO2.I. The number of rotatable bonds is 4. The first-order chi connectivity index (χ1) is 13.1. The topological polar surface area (TPSA) is 58.1 Å². The summed E-state index contributed by atoms with van der Waals surface area (Å²) in [6.45, 7) is 4.19. The number of aliphatic imine (C=N–C) groups is 1. The summed E-state index contributed by atoms with van der Waals surface area (Å²) in [4.78, 5) is 6.42. The van der Waals surface area contributed by atoms with Crippen molar-refractivity contribution in [2.24, 2.45) is 4.99 Å². The van der Waals surface area contributed by atoms with Gasteiger partial charge in [-0.1, -0.05) is 6.07 Å². The third-order valence-electron chi connectivity index (χ3n) is 4.52. The number of ether oxygens (including phenoxy) is 2. The number of guanidine groups is 1. The Kier molecular flexibility index (Phi) is 8.22. The van der Waals surface area contributed by atoms with Crippen molar-refractivity contribution in [3.63, 3.8) is 0 Å². The van der Waals surface area contributed by atoms with E-state index in [1.165, 1.54) is 16.8 Å². The second-order valence-electron chi connectivity index (χ2n) is 6.77. The number of anilines is 2. The maximum Gasteiger partial charge on any atom is 0.195 e. The molecule has 0 aliphatic carbocycles. The number of fused-ring (bicyclic) bond motifs is 1. The molecule has 0 fully saturated rings. The molecule has 7 heteroatoms. The van der Waals surface area contributed by atoms with E-state index in [0.717, 1.165) is 23.6 Å². The molecule has 0 spiro atoms. The molecular formula is C21H29IN4O2. The van der Waals surface area contributed by atoms with Gasteiger partial charge in [0.25, 0.3) is 0 Å². The fourth-order valence-electron chi connectivity index (χ4n) is 2.89.